The zero-order valence-electron chi connectivity index (χ0n) is 43.5. The Morgan fingerprint density at radius 1 is 0.746 bits per heavy atom. The standard InChI is InChI=1S/C8H14O3.C8H16O2.C8H10O.C7H15NO2.C7H13NO2.2C6H14O.2CH4.ClH/c1-5-3-10-8-6(9-2)4-11-7(5)8;1-8(2)5-4-7(10-8)6-9-3;1-9-7-8-5-3-2-4-6-8;1-9-5-2-8-3-6-10-7-4-8;1-10-6-5-8-4-2-3-7(8)9;2*1-4-6(2)5-7-3;;;/h5-8H,3-4H2,1-2H3;7H,4-6H2,1-3H3;2-6H,7H2,1H3;2-7H2,1H3;2-6H2,1H3;2*6H,4-5H2,1-3H3;2*1H4;1H. The molecule has 15 heteroatoms. The van der Waals surface area contributed by atoms with Gasteiger partial charge in [-0.3, -0.25) is 9.69 Å². The molecule has 7 unspecified atom stereocenters. The van der Waals surface area contributed by atoms with Gasteiger partial charge in [0.15, 0.2) is 0 Å². The van der Waals surface area contributed by atoms with Crippen LogP contribution in [0.25, 0.3) is 0 Å². The Bertz CT molecular complexity index is 1170. The molecule has 6 rings (SSSR count). The van der Waals surface area contributed by atoms with Crippen LogP contribution in [0.15, 0.2) is 30.3 Å². The molecule has 5 heterocycles. The minimum atomic E-state index is 0. The first kappa shape index (κ1) is 72.0. The Kier molecular flexibility index (Phi) is 50.4. The van der Waals surface area contributed by atoms with E-state index in [1.54, 1.807) is 49.8 Å². The quantitative estimate of drug-likeness (QED) is 0.148. The zero-order valence-corrected chi connectivity index (χ0v) is 44.3. The second kappa shape index (κ2) is 46.9. The van der Waals surface area contributed by atoms with Crippen molar-refractivity contribution in [2.45, 2.75) is 138 Å². The molecule has 0 radical (unpaired) electrons. The summed E-state index contributed by atoms with van der Waals surface area (Å²) in [5, 5.41) is 0. The fraction of sp³-hybridized carbons (Fsp3) is 0.865. The van der Waals surface area contributed by atoms with Gasteiger partial charge >= 0.3 is 0 Å². The first-order valence-corrected chi connectivity index (χ1v) is 23.8. The van der Waals surface area contributed by atoms with Crippen molar-refractivity contribution in [1.82, 2.24) is 9.80 Å². The minimum absolute atomic E-state index is 0. The SMILES string of the molecule is C.C.CCC(C)COC.CCC(C)COC.COC1COC2C(C)COC12.COCC1CCC(C)(C)O1.COCCN1CCCC1=O.COCCN1CCOCC1.COCc1ccccc1.Cl. The molecule has 402 valence electrons. The van der Waals surface area contributed by atoms with Crippen molar-refractivity contribution in [2.24, 2.45) is 17.8 Å². The predicted molar refractivity (Wildman–Crippen MR) is 277 cm³/mol. The number of fused-ring (bicyclic) bond motifs is 1. The smallest absolute Gasteiger partial charge is 0.222 e. The van der Waals surface area contributed by atoms with E-state index >= 15 is 0 Å². The predicted octanol–water partition coefficient (Wildman–Crippen LogP) is 9.13. The van der Waals surface area contributed by atoms with Crippen LogP contribution in [0.2, 0.25) is 0 Å². The number of ether oxygens (including phenoxy) is 11. The summed E-state index contributed by atoms with van der Waals surface area (Å²) >= 11 is 0. The molecule has 0 aliphatic carbocycles. The number of hydrogen-bond donors (Lipinski definition) is 0. The maximum Gasteiger partial charge on any atom is 0.222 e. The molecular formula is C52H105ClN2O12. The van der Waals surface area contributed by atoms with Crippen molar-refractivity contribution in [3.05, 3.63) is 35.9 Å². The van der Waals surface area contributed by atoms with E-state index in [1.807, 2.05) is 35.2 Å². The van der Waals surface area contributed by atoms with E-state index in [0.717, 1.165) is 116 Å². The van der Waals surface area contributed by atoms with Gasteiger partial charge in [0.25, 0.3) is 0 Å². The van der Waals surface area contributed by atoms with Crippen LogP contribution in [-0.4, -0.2) is 188 Å². The number of morpholine rings is 1. The van der Waals surface area contributed by atoms with Crippen LogP contribution in [0.4, 0.5) is 0 Å². The van der Waals surface area contributed by atoms with E-state index in [9.17, 15) is 4.79 Å². The third-order valence-electron chi connectivity index (χ3n) is 11.4. The molecule has 5 aliphatic rings. The summed E-state index contributed by atoms with van der Waals surface area (Å²) in [4.78, 5) is 15.2. The van der Waals surface area contributed by atoms with Crippen molar-refractivity contribution in [3.8, 4) is 0 Å². The number of methoxy groups -OCH3 is 7. The molecule has 0 aromatic heterocycles. The monoisotopic (exact) mass is 985 g/mol. The molecule has 1 aromatic rings. The number of halogens is 1. The lowest BCUT2D eigenvalue weighted by Crippen LogP contribution is -2.38. The number of hydrogen-bond acceptors (Lipinski definition) is 13. The summed E-state index contributed by atoms with van der Waals surface area (Å²) in [7, 11) is 12.0. The van der Waals surface area contributed by atoms with Crippen molar-refractivity contribution in [1.29, 1.82) is 0 Å². The lowest BCUT2D eigenvalue weighted by Gasteiger charge is -2.25. The summed E-state index contributed by atoms with van der Waals surface area (Å²) in [5.41, 5.74) is 1.31. The van der Waals surface area contributed by atoms with E-state index < -0.39 is 0 Å². The van der Waals surface area contributed by atoms with Crippen LogP contribution in [0.5, 0.6) is 0 Å². The van der Waals surface area contributed by atoms with E-state index in [0.29, 0.717) is 31.8 Å². The second-order valence-corrected chi connectivity index (χ2v) is 17.6. The number of rotatable bonds is 17. The fourth-order valence-electron chi connectivity index (χ4n) is 6.97. The highest BCUT2D eigenvalue weighted by Crippen LogP contribution is 2.32. The van der Waals surface area contributed by atoms with Crippen LogP contribution >= 0.6 is 12.4 Å². The van der Waals surface area contributed by atoms with Crippen LogP contribution in [0, 0.1) is 17.8 Å². The third kappa shape index (κ3) is 36.1. The van der Waals surface area contributed by atoms with Gasteiger partial charge in [0.2, 0.25) is 5.91 Å². The highest BCUT2D eigenvalue weighted by Gasteiger charge is 2.45. The van der Waals surface area contributed by atoms with Gasteiger partial charge in [-0.1, -0.05) is 92.6 Å². The van der Waals surface area contributed by atoms with Crippen LogP contribution in [-0.2, 0) is 63.5 Å². The topological polar surface area (TPSA) is 125 Å². The summed E-state index contributed by atoms with van der Waals surface area (Å²) in [6.45, 7) is 28.0. The van der Waals surface area contributed by atoms with Gasteiger partial charge in [0, 0.05) is 108 Å². The number of carbonyl (C=O) groups is 1. The second-order valence-electron chi connectivity index (χ2n) is 17.6. The average molecular weight is 986 g/mol. The van der Waals surface area contributed by atoms with Gasteiger partial charge in [-0.15, -0.1) is 12.4 Å². The Morgan fingerprint density at radius 2 is 1.31 bits per heavy atom. The molecule has 1 aromatic carbocycles. The minimum Gasteiger partial charge on any atom is -0.384 e. The summed E-state index contributed by atoms with van der Waals surface area (Å²) in [6, 6.07) is 10.1. The molecule has 5 saturated heterocycles. The molecule has 0 N–H and O–H groups in total. The van der Waals surface area contributed by atoms with Gasteiger partial charge in [0.1, 0.15) is 12.2 Å². The summed E-state index contributed by atoms with van der Waals surface area (Å²) in [5.74, 6) is 2.26. The lowest BCUT2D eigenvalue weighted by atomic mass is 10.0. The van der Waals surface area contributed by atoms with E-state index in [2.05, 4.69) is 53.4 Å². The van der Waals surface area contributed by atoms with Crippen LogP contribution in [0.3, 0.4) is 0 Å². The third-order valence-corrected chi connectivity index (χ3v) is 11.4. The number of amides is 1. The Balaban J connectivity index is -0.000000345. The molecule has 7 atom stereocenters. The van der Waals surface area contributed by atoms with Gasteiger partial charge in [-0.25, -0.2) is 0 Å². The molecule has 0 saturated carbocycles. The Morgan fingerprint density at radius 3 is 1.75 bits per heavy atom. The highest BCUT2D eigenvalue weighted by atomic mass is 35.5. The molecule has 14 nitrogen and oxygen atoms in total. The van der Waals surface area contributed by atoms with Gasteiger partial charge < -0.3 is 57.0 Å². The van der Waals surface area contributed by atoms with Crippen molar-refractivity contribution < 1.29 is 56.9 Å². The first-order chi connectivity index (χ1) is 30.8. The molecule has 0 bridgehead atoms. The lowest BCUT2D eigenvalue weighted by molar-refractivity contribution is -0.128. The van der Waals surface area contributed by atoms with Crippen molar-refractivity contribution in [3.63, 3.8) is 0 Å². The molecule has 67 heavy (non-hydrogen) atoms. The fourth-order valence-corrected chi connectivity index (χ4v) is 6.97. The van der Waals surface area contributed by atoms with Crippen LogP contribution in [0.1, 0.15) is 107 Å². The van der Waals surface area contributed by atoms with E-state index in [4.69, 9.17) is 52.1 Å². The highest BCUT2D eigenvalue weighted by molar-refractivity contribution is 5.85. The Labute approximate surface area is 417 Å². The zero-order chi connectivity index (χ0) is 48.0. The number of benzene rings is 1. The molecule has 0 spiro atoms. The maximum atomic E-state index is 11.0. The Hall–Kier alpha value is -1.50. The largest absolute Gasteiger partial charge is 0.384 e. The molecule has 5 aliphatic heterocycles. The first-order valence-electron chi connectivity index (χ1n) is 23.8. The normalized spacial score (nSPS) is 22.9. The summed E-state index contributed by atoms with van der Waals surface area (Å²) in [6.07, 6.45) is 7.43. The number of likely N-dealkylation sites (tertiary alicyclic amines) is 1. The van der Waals surface area contributed by atoms with Gasteiger partial charge in [0.05, 0.1) is 70.7 Å². The average Bonchev–Trinajstić information content (AvgIpc) is 4.10. The van der Waals surface area contributed by atoms with E-state index in [-0.39, 0.29) is 57.1 Å². The van der Waals surface area contributed by atoms with Crippen molar-refractivity contribution >= 4 is 18.3 Å². The van der Waals surface area contributed by atoms with Crippen molar-refractivity contribution in [2.75, 3.05) is 142 Å². The van der Waals surface area contributed by atoms with E-state index in [1.165, 1.54) is 18.4 Å². The van der Waals surface area contributed by atoms with Crippen LogP contribution < -0.4 is 0 Å². The number of carbonyl (C=O) groups excluding carboxylic acids is 1. The van der Waals surface area contributed by atoms with Gasteiger partial charge in [-0.2, -0.15) is 0 Å². The summed E-state index contributed by atoms with van der Waals surface area (Å²) < 4.78 is 56.7. The number of nitrogens with zero attached hydrogens (tertiary/aromatic N) is 2. The molecule has 5 fully saturated rings. The maximum absolute atomic E-state index is 11.0. The van der Waals surface area contributed by atoms with Gasteiger partial charge in [-0.05, 0) is 50.5 Å². The molecule has 1 amide bonds. The molecular weight excluding hydrogens is 880 g/mol.